The lowest BCUT2D eigenvalue weighted by atomic mass is 9.76. The molecule has 3 nitrogen and oxygen atoms in total. The van der Waals surface area contributed by atoms with Crippen LogP contribution in [0.25, 0.3) is 0 Å². The Bertz CT molecular complexity index is 1010. The van der Waals surface area contributed by atoms with E-state index in [0.717, 1.165) is 22.3 Å². The molecule has 0 atom stereocenters. The largest absolute Gasteiger partial charge is 0.508 e. The van der Waals surface area contributed by atoms with E-state index in [9.17, 15) is 14.7 Å². The highest BCUT2D eigenvalue weighted by molar-refractivity contribution is 6.27. The van der Waals surface area contributed by atoms with Gasteiger partial charge < -0.3 is 5.11 Å². The lowest BCUT2D eigenvalue weighted by Crippen LogP contribution is -2.23. The number of fused-ring (bicyclic) bond motifs is 1. The molecular formula is C26H30O3. The molecule has 0 heterocycles. The number of phenols is 1. The third kappa shape index (κ3) is 4.19. The van der Waals surface area contributed by atoms with Gasteiger partial charge in [0.15, 0.2) is 11.6 Å². The molecule has 0 bridgehead atoms. The van der Waals surface area contributed by atoms with Crippen molar-refractivity contribution in [1.29, 1.82) is 0 Å². The van der Waals surface area contributed by atoms with E-state index in [1.54, 1.807) is 18.2 Å². The summed E-state index contributed by atoms with van der Waals surface area (Å²) in [5.41, 5.74) is 4.08. The molecule has 2 aromatic carbocycles. The van der Waals surface area contributed by atoms with E-state index in [4.69, 9.17) is 0 Å². The predicted octanol–water partition coefficient (Wildman–Crippen LogP) is 5.46. The number of carbonyl (C=O) groups is 2. The van der Waals surface area contributed by atoms with Crippen molar-refractivity contribution < 1.29 is 14.7 Å². The second-order valence-corrected chi connectivity index (χ2v) is 9.93. The summed E-state index contributed by atoms with van der Waals surface area (Å²) in [5.74, 6) is -0.204. The van der Waals surface area contributed by atoms with Crippen molar-refractivity contribution in [3.8, 4) is 5.75 Å². The summed E-state index contributed by atoms with van der Waals surface area (Å²) in [6.07, 6.45) is 2.43. The number of Topliss-reactive ketones (excluding diaryl/α,β-unsaturated/α-hetero) is 2. The fourth-order valence-electron chi connectivity index (χ4n) is 3.95. The number of benzene rings is 2. The molecule has 0 spiro atoms. The molecule has 2 aromatic rings. The van der Waals surface area contributed by atoms with Crippen molar-refractivity contribution in [1.82, 2.24) is 0 Å². The molecule has 3 heteroatoms. The smallest absolute Gasteiger partial charge is 0.196 e. The number of allylic oxidation sites excluding steroid dienone is 2. The molecule has 0 aliphatic heterocycles. The molecule has 0 radical (unpaired) electrons. The van der Waals surface area contributed by atoms with Crippen LogP contribution in [0.5, 0.6) is 5.75 Å². The Hall–Kier alpha value is -2.68. The van der Waals surface area contributed by atoms with Gasteiger partial charge in [-0.15, -0.1) is 0 Å². The number of aromatic hydroxyl groups is 1. The van der Waals surface area contributed by atoms with Crippen LogP contribution in [0, 0.1) is 0 Å². The fraction of sp³-hybridized carbons (Fsp3) is 0.385. The summed E-state index contributed by atoms with van der Waals surface area (Å²) in [7, 11) is 0. The minimum Gasteiger partial charge on any atom is -0.508 e. The first-order valence-electron chi connectivity index (χ1n) is 10.1. The molecule has 0 fully saturated rings. The maximum absolute atomic E-state index is 13.1. The SMILES string of the molecule is CC(C)(C)c1cc(C(C)(C)C)c(CC(=O)C2=CCc3ccccc3C2=O)cc1O. The average molecular weight is 391 g/mol. The molecule has 1 aliphatic rings. The van der Waals surface area contributed by atoms with Crippen LogP contribution in [0.4, 0.5) is 0 Å². The minimum absolute atomic E-state index is 0.102. The van der Waals surface area contributed by atoms with E-state index < -0.39 is 0 Å². The Morgan fingerprint density at radius 2 is 1.59 bits per heavy atom. The lowest BCUT2D eigenvalue weighted by Gasteiger charge is -2.28. The molecule has 0 aromatic heterocycles. The maximum atomic E-state index is 13.1. The first kappa shape index (κ1) is 21.0. The van der Waals surface area contributed by atoms with Crippen molar-refractivity contribution in [2.45, 2.75) is 65.2 Å². The molecule has 0 amide bonds. The molecule has 0 saturated carbocycles. The number of carbonyl (C=O) groups excluding carboxylic acids is 2. The molecule has 0 unspecified atom stereocenters. The number of hydrogen-bond acceptors (Lipinski definition) is 3. The van der Waals surface area contributed by atoms with Gasteiger partial charge in [0, 0.05) is 12.0 Å². The second-order valence-electron chi connectivity index (χ2n) is 9.93. The second kappa shape index (κ2) is 7.29. The Labute approximate surface area is 173 Å². The third-order valence-electron chi connectivity index (χ3n) is 5.52. The van der Waals surface area contributed by atoms with Crippen LogP contribution >= 0.6 is 0 Å². The number of phenolic OH excluding ortho intramolecular Hbond substituents is 1. The van der Waals surface area contributed by atoms with Gasteiger partial charge in [0.1, 0.15) is 5.75 Å². The van der Waals surface area contributed by atoms with Crippen molar-refractivity contribution >= 4 is 11.6 Å². The summed E-state index contributed by atoms with van der Waals surface area (Å²) in [4.78, 5) is 25.9. The van der Waals surface area contributed by atoms with Gasteiger partial charge in [-0.25, -0.2) is 0 Å². The molecule has 29 heavy (non-hydrogen) atoms. The van der Waals surface area contributed by atoms with Crippen LogP contribution < -0.4 is 0 Å². The van der Waals surface area contributed by atoms with E-state index in [2.05, 4.69) is 41.5 Å². The van der Waals surface area contributed by atoms with Gasteiger partial charge >= 0.3 is 0 Å². The summed E-state index contributed by atoms with van der Waals surface area (Å²) in [6, 6.07) is 11.2. The Kier molecular flexibility index (Phi) is 5.29. The number of ketones is 2. The summed E-state index contributed by atoms with van der Waals surface area (Å²) >= 11 is 0. The highest BCUT2D eigenvalue weighted by Crippen LogP contribution is 2.38. The topological polar surface area (TPSA) is 54.4 Å². The Balaban J connectivity index is 1.98. The van der Waals surface area contributed by atoms with E-state index in [1.807, 2.05) is 24.3 Å². The quantitative estimate of drug-likeness (QED) is 0.708. The van der Waals surface area contributed by atoms with E-state index >= 15 is 0 Å². The minimum atomic E-state index is -0.210. The van der Waals surface area contributed by atoms with Crippen LogP contribution in [-0.4, -0.2) is 16.7 Å². The lowest BCUT2D eigenvalue weighted by molar-refractivity contribution is -0.114. The van der Waals surface area contributed by atoms with Gasteiger partial charge in [-0.1, -0.05) is 78.0 Å². The zero-order valence-electron chi connectivity index (χ0n) is 18.2. The molecule has 1 N–H and O–H groups in total. The van der Waals surface area contributed by atoms with Crippen LogP contribution in [0.15, 0.2) is 48.0 Å². The first-order valence-corrected chi connectivity index (χ1v) is 10.1. The standard InChI is InChI=1S/C26H30O3/c1-25(2,3)20-15-21(26(4,5)6)23(28)14-17(20)13-22(27)19-12-11-16-9-7-8-10-18(16)24(19)29/h7-10,12,14-15,28H,11,13H2,1-6H3. The molecule has 1 aliphatic carbocycles. The molecule has 0 saturated heterocycles. The molecule has 3 rings (SSSR count). The summed E-state index contributed by atoms with van der Waals surface area (Å²) in [5, 5.41) is 10.6. The van der Waals surface area contributed by atoms with Crippen LogP contribution in [0.1, 0.15) is 74.2 Å². The van der Waals surface area contributed by atoms with Gasteiger partial charge in [0.2, 0.25) is 0 Å². The average Bonchev–Trinajstić information content (AvgIpc) is 2.60. The zero-order valence-corrected chi connectivity index (χ0v) is 18.2. The van der Waals surface area contributed by atoms with Crippen molar-refractivity contribution in [3.05, 3.63) is 75.9 Å². The Morgan fingerprint density at radius 1 is 0.966 bits per heavy atom. The molecular weight excluding hydrogens is 360 g/mol. The van der Waals surface area contributed by atoms with E-state index in [0.29, 0.717) is 12.0 Å². The zero-order chi connectivity index (χ0) is 21.6. The summed E-state index contributed by atoms with van der Waals surface area (Å²) in [6.45, 7) is 12.5. The molecule has 152 valence electrons. The van der Waals surface area contributed by atoms with Crippen LogP contribution in [0.3, 0.4) is 0 Å². The monoisotopic (exact) mass is 390 g/mol. The highest BCUT2D eigenvalue weighted by atomic mass is 16.3. The van der Waals surface area contributed by atoms with Gasteiger partial charge in [-0.05, 0) is 45.6 Å². The highest BCUT2D eigenvalue weighted by Gasteiger charge is 2.29. The van der Waals surface area contributed by atoms with Gasteiger partial charge in [-0.2, -0.15) is 0 Å². The van der Waals surface area contributed by atoms with Gasteiger partial charge in [0.25, 0.3) is 0 Å². The Morgan fingerprint density at radius 3 is 2.21 bits per heavy atom. The van der Waals surface area contributed by atoms with E-state index in [1.165, 1.54) is 0 Å². The number of hydrogen-bond donors (Lipinski definition) is 1. The normalized spacial score (nSPS) is 14.4. The maximum Gasteiger partial charge on any atom is 0.196 e. The van der Waals surface area contributed by atoms with Crippen LogP contribution in [0.2, 0.25) is 0 Å². The van der Waals surface area contributed by atoms with E-state index in [-0.39, 0.29) is 40.1 Å². The third-order valence-corrected chi connectivity index (χ3v) is 5.52. The van der Waals surface area contributed by atoms with Gasteiger partial charge in [0.05, 0.1) is 5.57 Å². The van der Waals surface area contributed by atoms with Crippen molar-refractivity contribution in [3.63, 3.8) is 0 Å². The van der Waals surface area contributed by atoms with Crippen molar-refractivity contribution in [2.24, 2.45) is 0 Å². The summed E-state index contributed by atoms with van der Waals surface area (Å²) < 4.78 is 0. The first-order chi connectivity index (χ1) is 13.4. The number of rotatable bonds is 3. The van der Waals surface area contributed by atoms with Crippen LogP contribution in [-0.2, 0) is 28.5 Å². The van der Waals surface area contributed by atoms with Crippen molar-refractivity contribution in [2.75, 3.05) is 0 Å². The fourth-order valence-corrected chi connectivity index (χ4v) is 3.95. The van der Waals surface area contributed by atoms with Gasteiger partial charge in [-0.3, -0.25) is 9.59 Å². The predicted molar refractivity (Wildman–Crippen MR) is 117 cm³/mol.